The smallest absolute Gasteiger partial charge is 0.256 e. The van der Waals surface area contributed by atoms with Crippen molar-refractivity contribution in [3.8, 4) is 11.5 Å². The van der Waals surface area contributed by atoms with Crippen molar-refractivity contribution >= 4 is 32.7 Å². The number of benzene rings is 3. The Kier molecular flexibility index (Phi) is 4.31. The maximum absolute atomic E-state index is 13.4. The fraction of sp³-hybridized carbons (Fsp3) is 0.0370. The van der Waals surface area contributed by atoms with Gasteiger partial charge in [0.05, 0.1) is 28.1 Å². The van der Waals surface area contributed by atoms with Crippen LogP contribution in [0, 0.1) is 0 Å². The van der Waals surface area contributed by atoms with Gasteiger partial charge in [-0.05, 0) is 35.9 Å². The van der Waals surface area contributed by atoms with Crippen LogP contribution < -0.4 is 11.1 Å². The molecular formula is C27H19N3O4. The predicted molar refractivity (Wildman–Crippen MR) is 132 cm³/mol. The third kappa shape index (κ3) is 2.84. The summed E-state index contributed by atoms with van der Waals surface area (Å²) in [5, 5.41) is 24.3. The maximum atomic E-state index is 13.4. The summed E-state index contributed by atoms with van der Waals surface area (Å²) in [6.07, 6.45) is 1.71. The average Bonchev–Trinajstić information content (AvgIpc) is 3.27. The van der Waals surface area contributed by atoms with Gasteiger partial charge in [0.15, 0.2) is 0 Å². The number of hydrogen-bond acceptors (Lipinski definition) is 4. The number of para-hydroxylation sites is 3. The number of rotatable bonds is 3. The molecule has 0 radical (unpaired) electrons. The molecule has 166 valence electrons. The highest BCUT2D eigenvalue weighted by Crippen LogP contribution is 2.43. The molecule has 0 saturated heterocycles. The first-order chi connectivity index (χ1) is 16.5. The Morgan fingerprint density at radius 2 is 1.03 bits per heavy atom. The van der Waals surface area contributed by atoms with E-state index in [-0.39, 0.29) is 22.6 Å². The molecule has 3 aromatic heterocycles. The standard InChI is InChI=1S/C27H19N3O4/c31-24-15-8-2-5-11-19(15)29-26(33)22(24)21(17-13-28-18-10-4-1-7-14(17)18)23-25(32)16-9-3-6-12-20(16)30-27(23)34/h1-13,21,28H,(H2,29,31,33)(H2,30,32,34). The van der Waals surface area contributed by atoms with Crippen LogP contribution in [0.3, 0.4) is 0 Å². The van der Waals surface area contributed by atoms with Gasteiger partial charge in [0.25, 0.3) is 11.1 Å². The molecule has 0 aliphatic heterocycles. The lowest BCUT2D eigenvalue weighted by Crippen LogP contribution is -2.24. The quantitative estimate of drug-likeness (QED) is 0.274. The van der Waals surface area contributed by atoms with Crippen LogP contribution in [0.5, 0.6) is 11.5 Å². The van der Waals surface area contributed by atoms with Crippen LogP contribution in [0.2, 0.25) is 0 Å². The van der Waals surface area contributed by atoms with Crippen LogP contribution in [0.15, 0.2) is 88.6 Å². The van der Waals surface area contributed by atoms with E-state index >= 15 is 0 Å². The Morgan fingerprint density at radius 3 is 1.56 bits per heavy atom. The molecule has 3 heterocycles. The van der Waals surface area contributed by atoms with Crippen molar-refractivity contribution in [3.05, 3.63) is 116 Å². The van der Waals surface area contributed by atoms with Crippen molar-refractivity contribution in [1.82, 2.24) is 15.0 Å². The summed E-state index contributed by atoms with van der Waals surface area (Å²) in [6.45, 7) is 0. The van der Waals surface area contributed by atoms with Crippen molar-refractivity contribution in [2.45, 2.75) is 5.92 Å². The largest absolute Gasteiger partial charge is 0.507 e. The Morgan fingerprint density at radius 1 is 0.588 bits per heavy atom. The molecule has 0 atom stereocenters. The first kappa shape index (κ1) is 19.9. The SMILES string of the molecule is O=c1[nH]c2ccccc2c(O)c1C(c1c(O)c2ccccc2[nH]c1=O)c1c[nH]c2ccccc12. The Labute approximate surface area is 192 Å². The summed E-state index contributed by atoms with van der Waals surface area (Å²) >= 11 is 0. The minimum Gasteiger partial charge on any atom is -0.507 e. The molecule has 0 amide bonds. The molecule has 6 rings (SSSR count). The Hall–Kier alpha value is -4.78. The molecule has 0 fully saturated rings. The monoisotopic (exact) mass is 449 g/mol. The lowest BCUT2D eigenvalue weighted by molar-refractivity contribution is 0.463. The van der Waals surface area contributed by atoms with Gasteiger partial charge in [-0.15, -0.1) is 0 Å². The lowest BCUT2D eigenvalue weighted by atomic mass is 9.84. The van der Waals surface area contributed by atoms with Crippen LogP contribution in [-0.4, -0.2) is 25.2 Å². The van der Waals surface area contributed by atoms with E-state index in [1.807, 2.05) is 24.3 Å². The molecule has 7 nitrogen and oxygen atoms in total. The fourth-order valence-electron chi connectivity index (χ4n) is 4.81. The lowest BCUT2D eigenvalue weighted by Gasteiger charge is -2.20. The molecule has 0 spiro atoms. The molecule has 0 unspecified atom stereocenters. The molecule has 34 heavy (non-hydrogen) atoms. The first-order valence-electron chi connectivity index (χ1n) is 10.8. The van der Waals surface area contributed by atoms with E-state index in [1.165, 1.54) is 0 Å². The number of nitrogens with one attached hydrogen (secondary N) is 3. The van der Waals surface area contributed by atoms with E-state index in [0.29, 0.717) is 27.4 Å². The topological polar surface area (TPSA) is 122 Å². The minimum atomic E-state index is -1.04. The summed E-state index contributed by atoms with van der Waals surface area (Å²) in [5.41, 5.74) is 1.22. The van der Waals surface area contributed by atoms with Gasteiger partial charge in [-0.1, -0.05) is 42.5 Å². The molecular weight excluding hydrogens is 430 g/mol. The summed E-state index contributed by atoms with van der Waals surface area (Å²) in [5.74, 6) is -1.51. The molecule has 6 aromatic rings. The van der Waals surface area contributed by atoms with E-state index in [2.05, 4.69) is 15.0 Å². The number of H-pyrrole nitrogens is 3. The molecule has 5 N–H and O–H groups in total. The van der Waals surface area contributed by atoms with Gasteiger partial charge in [0, 0.05) is 27.9 Å². The zero-order valence-electron chi connectivity index (χ0n) is 17.8. The van der Waals surface area contributed by atoms with Crippen LogP contribution in [0.25, 0.3) is 32.7 Å². The molecule has 0 aliphatic rings. The van der Waals surface area contributed by atoms with Crippen molar-refractivity contribution in [3.63, 3.8) is 0 Å². The maximum Gasteiger partial charge on any atom is 0.256 e. The fourth-order valence-corrected chi connectivity index (χ4v) is 4.81. The van der Waals surface area contributed by atoms with Crippen molar-refractivity contribution < 1.29 is 10.2 Å². The van der Waals surface area contributed by atoms with Gasteiger partial charge in [0.1, 0.15) is 11.5 Å². The molecule has 0 saturated carbocycles. The summed E-state index contributed by atoms with van der Waals surface area (Å²) < 4.78 is 0. The van der Waals surface area contributed by atoms with Crippen molar-refractivity contribution in [2.24, 2.45) is 0 Å². The highest BCUT2D eigenvalue weighted by atomic mass is 16.3. The second-order valence-corrected chi connectivity index (χ2v) is 8.25. The highest BCUT2D eigenvalue weighted by molar-refractivity contribution is 5.91. The van der Waals surface area contributed by atoms with Crippen LogP contribution in [0.1, 0.15) is 22.6 Å². The highest BCUT2D eigenvalue weighted by Gasteiger charge is 2.32. The average molecular weight is 449 g/mol. The van der Waals surface area contributed by atoms with E-state index in [4.69, 9.17) is 0 Å². The van der Waals surface area contributed by atoms with Crippen LogP contribution in [0.4, 0.5) is 0 Å². The Bertz CT molecular complexity index is 1750. The number of aromatic amines is 3. The van der Waals surface area contributed by atoms with E-state index in [0.717, 1.165) is 10.9 Å². The van der Waals surface area contributed by atoms with Gasteiger partial charge in [-0.25, -0.2) is 0 Å². The summed E-state index contributed by atoms with van der Waals surface area (Å²) in [7, 11) is 0. The van der Waals surface area contributed by atoms with Gasteiger partial charge < -0.3 is 25.2 Å². The predicted octanol–water partition coefficient (Wildman–Crippen LogP) is 4.44. The summed E-state index contributed by atoms with van der Waals surface area (Å²) in [4.78, 5) is 35.5. The second kappa shape index (κ2) is 7.38. The van der Waals surface area contributed by atoms with Gasteiger partial charge in [-0.2, -0.15) is 0 Å². The van der Waals surface area contributed by atoms with E-state index in [1.54, 1.807) is 54.7 Å². The molecule has 0 bridgehead atoms. The third-order valence-electron chi connectivity index (χ3n) is 6.37. The molecule has 0 aliphatic carbocycles. The normalized spacial score (nSPS) is 11.7. The second-order valence-electron chi connectivity index (χ2n) is 8.25. The molecule has 3 aromatic carbocycles. The van der Waals surface area contributed by atoms with Crippen molar-refractivity contribution in [1.29, 1.82) is 0 Å². The van der Waals surface area contributed by atoms with Gasteiger partial charge in [-0.3, -0.25) is 9.59 Å². The van der Waals surface area contributed by atoms with Crippen molar-refractivity contribution in [2.75, 3.05) is 0 Å². The zero-order chi connectivity index (χ0) is 23.4. The number of aromatic hydroxyl groups is 2. The number of pyridine rings is 2. The molecule has 7 heteroatoms. The van der Waals surface area contributed by atoms with Crippen LogP contribution in [-0.2, 0) is 0 Å². The third-order valence-corrected chi connectivity index (χ3v) is 6.37. The van der Waals surface area contributed by atoms with Crippen LogP contribution >= 0.6 is 0 Å². The summed E-state index contributed by atoms with van der Waals surface area (Å²) in [6, 6.07) is 21.3. The van der Waals surface area contributed by atoms with E-state index < -0.39 is 17.0 Å². The van der Waals surface area contributed by atoms with E-state index in [9.17, 15) is 19.8 Å². The zero-order valence-corrected chi connectivity index (χ0v) is 17.8. The minimum absolute atomic E-state index is 0.0143. The number of aromatic nitrogens is 3. The Balaban J connectivity index is 1.77. The number of hydrogen-bond donors (Lipinski definition) is 5. The first-order valence-corrected chi connectivity index (χ1v) is 10.8. The number of fused-ring (bicyclic) bond motifs is 3. The van der Waals surface area contributed by atoms with Gasteiger partial charge >= 0.3 is 0 Å². The van der Waals surface area contributed by atoms with Gasteiger partial charge in [0.2, 0.25) is 0 Å².